The third-order valence-corrected chi connectivity index (χ3v) is 3.66. The third-order valence-electron chi connectivity index (χ3n) is 2.86. The number of hydrogen-bond donors (Lipinski definition) is 3. The summed E-state index contributed by atoms with van der Waals surface area (Å²) in [5.41, 5.74) is 3.04. The fourth-order valence-electron chi connectivity index (χ4n) is 1.79. The molecule has 0 radical (unpaired) electrons. The van der Waals surface area contributed by atoms with Gasteiger partial charge in [-0.25, -0.2) is 20.8 Å². The van der Waals surface area contributed by atoms with Crippen LogP contribution in [0.15, 0.2) is 27.1 Å². The van der Waals surface area contributed by atoms with E-state index in [1.165, 1.54) is 17.8 Å². The Morgan fingerprint density at radius 1 is 1.35 bits per heavy atom. The van der Waals surface area contributed by atoms with Crippen molar-refractivity contribution in [3.63, 3.8) is 0 Å². The number of aromatic amines is 1. The summed E-state index contributed by atoms with van der Waals surface area (Å²) in [5, 5.41) is 1.22. The molecule has 2 aromatic rings. The first-order valence-corrected chi connectivity index (χ1v) is 7.07. The van der Waals surface area contributed by atoms with Gasteiger partial charge in [-0.1, -0.05) is 0 Å². The summed E-state index contributed by atoms with van der Waals surface area (Å²) in [4.78, 5) is 27.2. The van der Waals surface area contributed by atoms with Crippen molar-refractivity contribution in [2.75, 3.05) is 5.43 Å². The van der Waals surface area contributed by atoms with Crippen LogP contribution in [-0.4, -0.2) is 19.9 Å². The second kappa shape index (κ2) is 5.22. The van der Waals surface area contributed by atoms with Crippen LogP contribution in [0, 0.1) is 6.92 Å². The molecule has 0 amide bonds. The van der Waals surface area contributed by atoms with Crippen LogP contribution >= 0.6 is 11.8 Å². The Hall–Kier alpha value is -1.93. The largest absolute Gasteiger partial charge is 0.308 e. The first-order valence-electron chi connectivity index (χ1n) is 6.25. The quantitative estimate of drug-likeness (QED) is 0.336. The molecule has 0 aromatic carbocycles. The summed E-state index contributed by atoms with van der Waals surface area (Å²) in [6.45, 7) is 1.78. The summed E-state index contributed by atoms with van der Waals surface area (Å²) < 4.78 is 0. The molecule has 7 nitrogen and oxygen atoms in total. The first-order chi connectivity index (χ1) is 9.64. The van der Waals surface area contributed by atoms with Crippen LogP contribution in [0.3, 0.4) is 0 Å². The Labute approximate surface area is 119 Å². The maximum absolute atomic E-state index is 11.4. The Balaban J connectivity index is 1.92. The van der Waals surface area contributed by atoms with Crippen molar-refractivity contribution in [1.29, 1.82) is 0 Å². The lowest BCUT2D eigenvalue weighted by molar-refractivity contribution is 0.866. The number of aryl methyl sites for hydroxylation is 1. The molecule has 3 rings (SSSR count). The van der Waals surface area contributed by atoms with E-state index in [1.807, 2.05) is 0 Å². The highest BCUT2D eigenvalue weighted by atomic mass is 32.2. The Morgan fingerprint density at radius 2 is 2.15 bits per heavy atom. The van der Waals surface area contributed by atoms with Crippen LogP contribution in [0.5, 0.6) is 0 Å². The highest BCUT2D eigenvalue weighted by Crippen LogP contribution is 2.39. The lowest BCUT2D eigenvalue weighted by atomic mass is 10.4. The van der Waals surface area contributed by atoms with Gasteiger partial charge in [0.25, 0.3) is 5.56 Å². The number of aromatic nitrogens is 4. The zero-order valence-electron chi connectivity index (χ0n) is 10.9. The molecule has 0 spiro atoms. The monoisotopic (exact) mass is 290 g/mol. The van der Waals surface area contributed by atoms with E-state index in [2.05, 4.69) is 25.4 Å². The molecule has 104 valence electrons. The predicted octanol–water partition coefficient (Wildman–Crippen LogP) is 1.18. The minimum absolute atomic E-state index is 0.173. The van der Waals surface area contributed by atoms with Crippen molar-refractivity contribution >= 4 is 17.6 Å². The van der Waals surface area contributed by atoms with Gasteiger partial charge in [0.1, 0.15) is 16.7 Å². The van der Waals surface area contributed by atoms with Crippen molar-refractivity contribution in [2.24, 2.45) is 5.84 Å². The van der Waals surface area contributed by atoms with Crippen molar-refractivity contribution < 1.29 is 0 Å². The van der Waals surface area contributed by atoms with E-state index in [0.717, 1.165) is 18.7 Å². The highest BCUT2D eigenvalue weighted by molar-refractivity contribution is 7.99. The summed E-state index contributed by atoms with van der Waals surface area (Å²) in [6.07, 6.45) is 2.22. The number of nitrogens with one attached hydrogen (secondary N) is 2. The molecule has 0 unspecified atom stereocenters. The van der Waals surface area contributed by atoms with Gasteiger partial charge >= 0.3 is 0 Å². The number of hydrogen-bond acceptors (Lipinski definition) is 7. The maximum atomic E-state index is 11.4. The average Bonchev–Trinajstić information content (AvgIpc) is 3.21. The molecule has 1 aliphatic rings. The number of hydrazine groups is 1. The molecule has 4 N–H and O–H groups in total. The molecule has 1 saturated carbocycles. The summed E-state index contributed by atoms with van der Waals surface area (Å²) in [5.74, 6) is 7.21. The van der Waals surface area contributed by atoms with Gasteiger partial charge in [-0.15, -0.1) is 0 Å². The van der Waals surface area contributed by atoms with Crippen molar-refractivity contribution in [1.82, 2.24) is 19.9 Å². The number of nitrogens with two attached hydrogens (primary N) is 1. The third kappa shape index (κ3) is 2.97. The van der Waals surface area contributed by atoms with E-state index in [9.17, 15) is 4.79 Å². The molecule has 1 fully saturated rings. The summed E-state index contributed by atoms with van der Waals surface area (Å²) in [6, 6.07) is 3.19. The lowest BCUT2D eigenvalue weighted by Crippen LogP contribution is -2.11. The lowest BCUT2D eigenvalue weighted by Gasteiger charge is -2.06. The van der Waals surface area contributed by atoms with Gasteiger partial charge in [-0.2, -0.15) is 0 Å². The molecular weight excluding hydrogens is 276 g/mol. The first kappa shape index (κ1) is 13.1. The van der Waals surface area contributed by atoms with E-state index < -0.39 is 0 Å². The molecule has 0 saturated heterocycles. The van der Waals surface area contributed by atoms with Crippen LogP contribution in [0.2, 0.25) is 0 Å². The highest BCUT2D eigenvalue weighted by Gasteiger charge is 2.27. The van der Waals surface area contributed by atoms with E-state index in [4.69, 9.17) is 5.84 Å². The van der Waals surface area contributed by atoms with Crippen molar-refractivity contribution in [2.45, 2.75) is 35.9 Å². The zero-order valence-corrected chi connectivity index (χ0v) is 11.7. The van der Waals surface area contributed by atoms with E-state index in [1.54, 1.807) is 13.0 Å². The minimum Gasteiger partial charge on any atom is -0.308 e. The number of H-pyrrole nitrogens is 1. The zero-order chi connectivity index (χ0) is 14.1. The van der Waals surface area contributed by atoms with E-state index in [0.29, 0.717) is 27.6 Å². The summed E-state index contributed by atoms with van der Waals surface area (Å²) in [7, 11) is 0. The Kier molecular flexibility index (Phi) is 3.41. The van der Waals surface area contributed by atoms with Crippen LogP contribution in [0.25, 0.3) is 0 Å². The second-order valence-corrected chi connectivity index (χ2v) is 5.67. The van der Waals surface area contributed by atoms with Crippen LogP contribution in [0.1, 0.15) is 30.3 Å². The molecule has 0 bridgehead atoms. The smallest absolute Gasteiger partial charge is 0.251 e. The van der Waals surface area contributed by atoms with Gasteiger partial charge in [0.15, 0.2) is 5.16 Å². The molecule has 2 heterocycles. The Bertz CT molecular complexity index is 697. The minimum atomic E-state index is -0.173. The van der Waals surface area contributed by atoms with Gasteiger partial charge in [0.05, 0.1) is 0 Å². The van der Waals surface area contributed by atoms with E-state index in [-0.39, 0.29) is 5.56 Å². The van der Waals surface area contributed by atoms with Crippen LogP contribution in [-0.2, 0) is 0 Å². The SMILES string of the molecule is Cc1cc(=O)[nH]c(Sc2cc(NN)nc(C3CC3)n2)n1. The number of nitrogens with zero attached hydrogens (tertiary/aromatic N) is 3. The van der Waals surface area contributed by atoms with Gasteiger partial charge in [0, 0.05) is 23.7 Å². The fraction of sp³-hybridized carbons (Fsp3) is 0.333. The number of anilines is 1. The molecule has 2 aromatic heterocycles. The van der Waals surface area contributed by atoms with Crippen LogP contribution in [0.4, 0.5) is 5.82 Å². The molecule has 8 heteroatoms. The standard InChI is InChI=1S/C12H14N6OS/c1-6-4-9(19)16-12(14-6)20-10-5-8(18-13)15-11(17-10)7-2-3-7/h4-5,7H,2-3,13H2,1H3,(H,14,16,19)(H,15,17,18). The fourth-order valence-corrected chi connectivity index (χ4v) is 2.64. The van der Waals surface area contributed by atoms with Gasteiger partial charge in [-0.05, 0) is 31.5 Å². The van der Waals surface area contributed by atoms with E-state index >= 15 is 0 Å². The second-order valence-electron chi connectivity index (χ2n) is 4.66. The van der Waals surface area contributed by atoms with Crippen molar-refractivity contribution in [3.05, 3.63) is 34.0 Å². The topological polar surface area (TPSA) is 110 Å². The summed E-state index contributed by atoms with van der Waals surface area (Å²) >= 11 is 1.29. The van der Waals surface area contributed by atoms with Gasteiger partial charge in [-0.3, -0.25) is 4.79 Å². The molecule has 20 heavy (non-hydrogen) atoms. The van der Waals surface area contributed by atoms with Gasteiger partial charge in [0.2, 0.25) is 0 Å². The molecular formula is C12H14N6OS. The normalized spacial score (nSPS) is 14.3. The number of rotatable bonds is 4. The molecule has 0 aliphatic heterocycles. The number of nitrogen functional groups attached to an aromatic ring is 1. The van der Waals surface area contributed by atoms with Crippen LogP contribution < -0.4 is 16.8 Å². The average molecular weight is 290 g/mol. The molecule has 0 atom stereocenters. The van der Waals surface area contributed by atoms with Gasteiger partial charge < -0.3 is 10.4 Å². The molecule has 1 aliphatic carbocycles. The van der Waals surface area contributed by atoms with Crippen molar-refractivity contribution in [3.8, 4) is 0 Å². The Morgan fingerprint density at radius 3 is 2.80 bits per heavy atom. The maximum Gasteiger partial charge on any atom is 0.251 e. The predicted molar refractivity (Wildman–Crippen MR) is 75.5 cm³/mol.